The Labute approximate surface area is 120 Å². The summed E-state index contributed by atoms with van der Waals surface area (Å²) in [5.74, 6) is 0.226. The van der Waals surface area contributed by atoms with Crippen molar-refractivity contribution in [2.45, 2.75) is 12.8 Å². The number of ether oxygens (including phenoxy) is 1. The van der Waals surface area contributed by atoms with Crippen molar-refractivity contribution >= 4 is 16.5 Å². The van der Waals surface area contributed by atoms with Crippen molar-refractivity contribution in [3.63, 3.8) is 0 Å². The van der Waals surface area contributed by atoms with E-state index in [1.165, 1.54) is 11.3 Å². The molecule has 20 heavy (non-hydrogen) atoms. The summed E-state index contributed by atoms with van der Waals surface area (Å²) in [4.78, 5) is 4.93. The molecular formula is C14H12N4OS. The van der Waals surface area contributed by atoms with Crippen LogP contribution in [0, 0.1) is 18.3 Å². The lowest BCUT2D eigenvalue weighted by molar-refractivity contribution is 0.383. The van der Waals surface area contributed by atoms with Crippen LogP contribution < -0.4 is 16.2 Å². The van der Waals surface area contributed by atoms with Crippen LogP contribution in [-0.4, -0.2) is 4.98 Å². The molecule has 0 amide bonds. The second kappa shape index (κ2) is 4.54. The highest BCUT2D eigenvalue weighted by atomic mass is 32.1. The van der Waals surface area contributed by atoms with Crippen LogP contribution >= 0.6 is 11.3 Å². The number of nitrogens with two attached hydrogens (primary N) is 2. The number of nitriles is 1. The van der Waals surface area contributed by atoms with E-state index < -0.39 is 0 Å². The summed E-state index contributed by atoms with van der Waals surface area (Å²) in [6, 6.07) is 10.1. The average Bonchev–Trinajstić information content (AvgIpc) is 2.78. The number of thiazole rings is 1. The summed E-state index contributed by atoms with van der Waals surface area (Å²) in [6.45, 7) is 2.01. The average molecular weight is 284 g/mol. The molecule has 0 radical (unpaired) electrons. The molecule has 5 nitrogen and oxygen atoms in total. The van der Waals surface area contributed by atoms with E-state index in [1.54, 1.807) is 0 Å². The normalized spacial score (nSPS) is 17.3. The molecule has 1 atom stereocenters. The minimum atomic E-state index is -0.265. The number of hydrogen-bond donors (Lipinski definition) is 2. The van der Waals surface area contributed by atoms with Gasteiger partial charge in [-0.05, 0) is 12.5 Å². The molecule has 0 spiro atoms. The van der Waals surface area contributed by atoms with Crippen LogP contribution in [0.15, 0.2) is 35.7 Å². The van der Waals surface area contributed by atoms with Gasteiger partial charge in [0.2, 0.25) is 11.8 Å². The summed E-state index contributed by atoms with van der Waals surface area (Å²) in [7, 11) is 0. The second-order valence-corrected chi connectivity index (χ2v) is 5.62. The summed E-state index contributed by atoms with van der Waals surface area (Å²) >= 11 is 1.32. The van der Waals surface area contributed by atoms with Crippen molar-refractivity contribution in [2.24, 2.45) is 5.73 Å². The zero-order chi connectivity index (χ0) is 14.3. The number of aryl methyl sites for hydroxylation is 1. The van der Waals surface area contributed by atoms with E-state index >= 15 is 0 Å². The highest BCUT2D eigenvalue weighted by Gasteiger charge is 2.33. The van der Waals surface area contributed by atoms with Gasteiger partial charge in [0.15, 0.2) is 5.13 Å². The van der Waals surface area contributed by atoms with E-state index in [0.29, 0.717) is 16.6 Å². The Balaban J connectivity index is 2.19. The van der Waals surface area contributed by atoms with Crippen LogP contribution in [-0.2, 0) is 0 Å². The molecule has 2 aromatic rings. The zero-order valence-electron chi connectivity index (χ0n) is 10.8. The van der Waals surface area contributed by atoms with E-state index in [2.05, 4.69) is 11.1 Å². The Kier molecular flexibility index (Phi) is 2.84. The molecule has 0 aliphatic carbocycles. The number of rotatable bonds is 1. The Morgan fingerprint density at radius 2 is 2.00 bits per heavy atom. The molecule has 1 unspecified atom stereocenters. The topological polar surface area (TPSA) is 98.0 Å². The van der Waals surface area contributed by atoms with Gasteiger partial charge in [-0.2, -0.15) is 10.2 Å². The quantitative estimate of drug-likeness (QED) is 0.837. The van der Waals surface area contributed by atoms with E-state index in [1.807, 2.05) is 31.2 Å². The lowest BCUT2D eigenvalue weighted by atomic mass is 9.89. The van der Waals surface area contributed by atoms with Gasteiger partial charge >= 0.3 is 0 Å². The lowest BCUT2D eigenvalue weighted by Gasteiger charge is -2.22. The van der Waals surface area contributed by atoms with E-state index in [4.69, 9.17) is 16.2 Å². The Morgan fingerprint density at radius 3 is 2.65 bits per heavy atom. The molecule has 0 bridgehead atoms. The fraction of sp³-hybridized carbons (Fsp3) is 0.143. The van der Waals surface area contributed by atoms with Crippen LogP contribution in [0.4, 0.5) is 5.13 Å². The third-order valence-corrected chi connectivity index (χ3v) is 4.12. The molecular weight excluding hydrogens is 272 g/mol. The SMILES string of the molecule is Cc1ccc(C2C(C#N)=C(N)Oc3nc(N)sc32)cc1. The summed E-state index contributed by atoms with van der Waals surface area (Å²) in [5.41, 5.74) is 14.1. The number of hydrogen-bond acceptors (Lipinski definition) is 6. The van der Waals surface area contributed by atoms with Crippen LogP contribution in [0.1, 0.15) is 21.9 Å². The third-order valence-electron chi connectivity index (χ3n) is 3.19. The molecule has 4 N–H and O–H groups in total. The van der Waals surface area contributed by atoms with Gasteiger partial charge in [-0.3, -0.25) is 0 Å². The fourth-order valence-corrected chi connectivity index (χ4v) is 3.12. The van der Waals surface area contributed by atoms with Crippen LogP contribution in [0.25, 0.3) is 0 Å². The number of allylic oxidation sites excluding steroid dienone is 1. The standard InChI is InChI=1S/C14H12N4OS/c1-7-2-4-8(5-3-7)10-9(6-15)12(16)19-13-11(10)20-14(17)18-13/h2-5,10H,16H2,1H3,(H2,17,18). The maximum Gasteiger partial charge on any atom is 0.238 e. The van der Waals surface area contributed by atoms with Gasteiger partial charge in [0.25, 0.3) is 0 Å². The fourth-order valence-electron chi connectivity index (χ4n) is 2.22. The van der Waals surface area contributed by atoms with Gasteiger partial charge in [-0.25, -0.2) is 0 Å². The van der Waals surface area contributed by atoms with E-state index in [0.717, 1.165) is 16.0 Å². The largest absolute Gasteiger partial charge is 0.421 e. The van der Waals surface area contributed by atoms with Crippen LogP contribution in [0.5, 0.6) is 5.88 Å². The van der Waals surface area contributed by atoms with Crippen LogP contribution in [0.2, 0.25) is 0 Å². The first-order chi connectivity index (χ1) is 9.60. The van der Waals surface area contributed by atoms with Gasteiger partial charge in [0.05, 0.1) is 10.8 Å². The highest BCUT2D eigenvalue weighted by molar-refractivity contribution is 7.15. The van der Waals surface area contributed by atoms with Crippen molar-refractivity contribution in [3.8, 4) is 11.9 Å². The minimum absolute atomic E-state index is 0.0934. The molecule has 0 fully saturated rings. The third kappa shape index (κ3) is 1.89. The molecule has 1 aliphatic heterocycles. The molecule has 0 saturated carbocycles. The van der Waals surface area contributed by atoms with Gasteiger partial charge in [-0.1, -0.05) is 41.2 Å². The molecule has 1 aliphatic rings. The zero-order valence-corrected chi connectivity index (χ0v) is 11.6. The molecule has 3 rings (SSSR count). The Bertz CT molecular complexity index is 740. The van der Waals surface area contributed by atoms with E-state index in [-0.39, 0.29) is 11.8 Å². The number of anilines is 1. The predicted octanol–water partition coefficient (Wildman–Crippen LogP) is 2.25. The lowest BCUT2D eigenvalue weighted by Crippen LogP contribution is -2.20. The monoisotopic (exact) mass is 284 g/mol. The number of nitrogen functional groups attached to an aromatic ring is 1. The maximum absolute atomic E-state index is 9.37. The Morgan fingerprint density at radius 1 is 1.30 bits per heavy atom. The number of aromatic nitrogens is 1. The number of nitrogens with zero attached hydrogens (tertiary/aromatic N) is 2. The first-order valence-electron chi connectivity index (χ1n) is 6.00. The first-order valence-corrected chi connectivity index (χ1v) is 6.82. The molecule has 2 heterocycles. The molecule has 1 aromatic carbocycles. The molecule has 0 saturated heterocycles. The van der Waals surface area contributed by atoms with Crippen molar-refractivity contribution in [1.29, 1.82) is 5.26 Å². The summed E-state index contributed by atoms with van der Waals surface area (Å²) in [6.07, 6.45) is 0. The van der Waals surface area contributed by atoms with Gasteiger partial charge in [0, 0.05) is 0 Å². The first kappa shape index (κ1) is 12.5. The number of benzene rings is 1. The second-order valence-electron chi connectivity index (χ2n) is 4.56. The summed E-state index contributed by atoms with van der Waals surface area (Å²) < 4.78 is 5.39. The van der Waals surface area contributed by atoms with Crippen LogP contribution in [0.3, 0.4) is 0 Å². The highest BCUT2D eigenvalue weighted by Crippen LogP contribution is 2.45. The van der Waals surface area contributed by atoms with Crippen molar-refractivity contribution < 1.29 is 4.74 Å². The number of fused-ring (bicyclic) bond motifs is 1. The predicted molar refractivity (Wildman–Crippen MR) is 77.0 cm³/mol. The van der Waals surface area contributed by atoms with Gasteiger partial charge < -0.3 is 16.2 Å². The molecule has 100 valence electrons. The van der Waals surface area contributed by atoms with Crippen molar-refractivity contribution in [3.05, 3.63) is 51.7 Å². The molecule has 1 aromatic heterocycles. The van der Waals surface area contributed by atoms with Gasteiger partial charge in [0.1, 0.15) is 11.6 Å². The van der Waals surface area contributed by atoms with E-state index in [9.17, 15) is 5.26 Å². The minimum Gasteiger partial charge on any atom is -0.421 e. The Hall–Kier alpha value is -2.52. The van der Waals surface area contributed by atoms with Crippen molar-refractivity contribution in [2.75, 3.05) is 5.73 Å². The maximum atomic E-state index is 9.37. The molecule has 6 heteroatoms. The smallest absolute Gasteiger partial charge is 0.238 e. The van der Waals surface area contributed by atoms with Crippen molar-refractivity contribution in [1.82, 2.24) is 4.98 Å². The summed E-state index contributed by atoms with van der Waals surface area (Å²) in [5, 5.41) is 9.77. The van der Waals surface area contributed by atoms with Gasteiger partial charge in [-0.15, -0.1) is 0 Å².